The van der Waals surface area contributed by atoms with Crippen molar-refractivity contribution in [3.8, 4) is 22.5 Å². The van der Waals surface area contributed by atoms with Gasteiger partial charge in [0.15, 0.2) is 0 Å². The number of esters is 1. The third-order valence-corrected chi connectivity index (χ3v) is 7.29. The Morgan fingerprint density at radius 3 is 2.34 bits per heavy atom. The first-order chi connectivity index (χ1) is 18.2. The molecule has 0 atom stereocenters. The summed E-state index contributed by atoms with van der Waals surface area (Å²) in [5, 5.41) is 12.2. The van der Waals surface area contributed by atoms with Crippen LogP contribution in [-0.4, -0.2) is 48.8 Å². The molecule has 6 rings (SSSR count). The first-order valence-corrected chi connectivity index (χ1v) is 13.1. The Bertz CT molecular complexity index is 1630. The van der Waals surface area contributed by atoms with E-state index in [0.717, 1.165) is 53.7 Å². The average molecular weight is 512 g/mol. The van der Waals surface area contributed by atoms with Crippen LogP contribution in [-0.2, 0) is 4.74 Å². The van der Waals surface area contributed by atoms with Crippen molar-refractivity contribution in [2.24, 2.45) is 0 Å². The molecule has 1 N–H and O–H groups in total. The van der Waals surface area contributed by atoms with Crippen molar-refractivity contribution >= 4 is 28.6 Å². The number of fused-ring (bicyclic) bond motifs is 2. The normalized spacial score (nSPS) is 15.3. The van der Waals surface area contributed by atoms with Gasteiger partial charge in [0.25, 0.3) is 0 Å². The minimum absolute atomic E-state index is 0.0424. The number of ether oxygens (including phenoxy) is 1. The highest BCUT2D eigenvalue weighted by molar-refractivity contribution is 6.09. The van der Waals surface area contributed by atoms with E-state index >= 15 is 0 Å². The molecule has 2 aromatic rings. The SMILES string of the molecule is CC(C)(C)OC(=O)c1ccc(-c2c3ccc(=[N+]4CCC4)cc-3oc3cc(N4CCC4)ccc23)c(C(=O)O)c1. The molecule has 0 unspecified atom stereocenters. The van der Waals surface area contributed by atoms with Crippen LogP contribution in [0.4, 0.5) is 5.69 Å². The largest absolute Gasteiger partial charge is 0.478 e. The lowest BCUT2D eigenvalue weighted by molar-refractivity contribution is 0.00695. The molecule has 2 fully saturated rings. The standard InChI is InChI=1S/C31H30N2O5/c1-31(2,3)38-30(36)19-6-9-22(25(16-19)29(34)35)28-23-10-7-20(32-12-4-13-32)17-26(23)37-27-18-21(8-11-24(27)28)33-14-5-15-33/h6-11,16-18H,4-5,12-15H2,1-3H3/p+1. The van der Waals surface area contributed by atoms with E-state index in [1.54, 1.807) is 32.9 Å². The Morgan fingerprint density at radius 2 is 1.71 bits per heavy atom. The predicted molar refractivity (Wildman–Crippen MR) is 147 cm³/mol. The zero-order valence-corrected chi connectivity index (χ0v) is 21.9. The molecule has 7 heteroatoms. The molecule has 7 nitrogen and oxygen atoms in total. The fourth-order valence-electron chi connectivity index (χ4n) is 5.10. The van der Waals surface area contributed by atoms with E-state index in [9.17, 15) is 14.7 Å². The van der Waals surface area contributed by atoms with E-state index in [1.165, 1.54) is 18.9 Å². The molecule has 1 aliphatic carbocycles. The van der Waals surface area contributed by atoms with Gasteiger partial charge in [-0.3, -0.25) is 0 Å². The van der Waals surface area contributed by atoms with Crippen LogP contribution < -0.4 is 14.8 Å². The first-order valence-electron chi connectivity index (χ1n) is 13.1. The molecule has 0 spiro atoms. The number of benzene rings is 3. The van der Waals surface area contributed by atoms with Crippen LogP contribution in [0.2, 0.25) is 0 Å². The van der Waals surface area contributed by atoms with Gasteiger partial charge in [0, 0.05) is 47.4 Å². The van der Waals surface area contributed by atoms with Crippen LogP contribution in [0.25, 0.3) is 33.4 Å². The molecule has 3 aliphatic heterocycles. The molecule has 38 heavy (non-hydrogen) atoms. The maximum atomic E-state index is 12.7. The summed E-state index contributed by atoms with van der Waals surface area (Å²) < 4.78 is 14.3. The number of carboxylic acids is 1. The van der Waals surface area contributed by atoms with Gasteiger partial charge in [-0.1, -0.05) is 6.07 Å². The second-order valence-corrected chi connectivity index (χ2v) is 11.1. The Kier molecular flexibility index (Phi) is 5.74. The summed E-state index contributed by atoms with van der Waals surface area (Å²) in [4.78, 5) is 27.6. The van der Waals surface area contributed by atoms with Gasteiger partial charge in [0.05, 0.1) is 23.6 Å². The summed E-state index contributed by atoms with van der Waals surface area (Å²) in [7, 11) is 0. The van der Waals surface area contributed by atoms with Gasteiger partial charge in [-0.2, -0.15) is 0 Å². The highest BCUT2D eigenvalue weighted by atomic mass is 16.6. The van der Waals surface area contributed by atoms with Gasteiger partial charge in [-0.05, 0) is 63.1 Å². The molecule has 2 aromatic carbocycles. The summed E-state index contributed by atoms with van der Waals surface area (Å²) in [6.07, 6.45) is 2.34. The molecule has 0 bridgehead atoms. The number of hydrogen-bond acceptors (Lipinski definition) is 5. The van der Waals surface area contributed by atoms with Crippen LogP contribution >= 0.6 is 0 Å². The molecule has 0 radical (unpaired) electrons. The van der Waals surface area contributed by atoms with E-state index in [4.69, 9.17) is 9.15 Å². The maximum Gasteiger partial charge on any atom is 0.338 e. The van der Waals surface area contributed by atoms with Gasteiger partial charge >= 0.3 is 11.9 Å². The number of carbonyl (C=O) groups is 2. The Labute approximate surface area is 220 Å². The third-order valence-electron chi connectivity index (χ3n) is 7.29. The number of carboxylic acid groups (broad SMARTS) is 1. The summed E-state index contributed by atoms with van der Waals surface area (Å²) in [5.74, 6) is -0.963. The molecule has 0 saturated carbocycles. The van der Waals surface area contributed by atoms with Gasteiger partial charge in [0.2, 0.25) is 5.36 Å². The topological polar surface area (TPSA) is 83.0 Å². The fourth-order valence-corrected chi connectivity index (χ4v) is 5.10. The lowest BCUT2D eigenvalue weighted by Crippen LogP contribution is -2.40. The van der Waals surface area contributed by atoms with Crippen molar-refractivity contribution < 1.29 is 23.8 Å². The molecule has 0 amide bonds. The summed E-state index contributed by atoms with van der Waals surface area (Å²) >= 11 is 0. The van der Waals surface area contributed by atoms with Gasteiger partial charge in [-0.25, -0.2) is 14.2 Å². The number of aromatic carboxylic acids is 1. The van der Waals surface area contributed by atoms with E-state index in [1.807, 2.05) is 24.3 Å². The average Bonchev–Trinajstić information content (AvgIpc) is 2.78. The lowest BCUT2D eigenvalue weighted by atomic mass is 9.89. The van der Waals surface area contributed by atoms with Crippen LogP contribution in [0.5, 0.6) is 0 Å². The highest BCUT2D eigenvalue weighted by Gasteiger charge is 2.26. The second-order valence-electron chi connectivity index (χ2n) is 11.1. The van der Waals surface area contributed by atoms with Crippen molar-refractivity contribution in [1.82, 2.24) is 4.58 Å². The minimum atomic E-state index is -1.11. The number of hydrogen-bond donors (Lipinski definition) is 1. The predicted octanol–water partition coefficient (Wildman–Crippen LogP) is 5.24. The molecule has 3 heterocycles. The third kappa shape index (κ3) is 4.32. The van der Waals surface area contributed by atoms with E-state index in [-0.39, 0.29) is 11.1 Å². The van der Waals surface area contributed by atoms with Crippen molar-refractivity contribution in [2.75, 3.05) is 31.1 Å². The van der Waals surface area contributed by atoms with E-state index in [0.29, 0.717) is 16.9 Å². The van der Waals surface area contributed by atoms with Crippen LogP contribution in [0.15, 0.2) is 59.0 Å². The zero-order chi connectivity index (χ0) is 26.6. The summed E-state index contributed by atoms with van der Waals surface area (Å²) in [6.45, 7) is 9.41. The van der Waals surface area contributed by atoms with Crippen LogP contribution in [0.3, 0.4) is 0 Å². The van der Waals surface area contributed by atoms with Crippen molar-refractivity contribution in [3.63, 3.8) is 0 Å². The quantitative estimate of drug-likeness (QED) is 0.229. The minimum Gasteiger partial charge on any atom is -0.478 e. The highest BCUT2D eigenvalue weighted by Crippen LogP contribution is 2.42. The maximum absolute atomic E-state index is 12.7. The first kappa shape index (κ1) is 24.2. The zero-order valence-electron chi connectivity index (χ0n) is 21.9. The van der Waals surface area contributed by atoms with Crippen LogP contribution in [0, 0.1) is 0 Å². The fraction of sp³-hybridized carbons (Fsp3) is 0.323. The molecule has 2 saturated heterocycles. The molecule has 0 aromatic heterocycles. The molecule has 4 aliphatic rings. The van der Waals surface area contributed by atoms with Gasteiger partial charge in [0.1, 0.15) is 30.0 Å². The van der Waals surface area contributed by atoms with Crippen molar-refractivity contribution in [3.05, 3.63) is 71.1 Å². The Hall–Kier alpha value is -4.13. The number of anilines is 1. The van der Waals surface area contributed by atoms with Crippen molar-refractivity contribution in [2.45, 2.75) is 39.2 Å². The molecule has 194 valence electrons. The number of rotatable bonds is 4. The lowest BCUT2D eigenvalue weighted by Gasteiger charge is -2.33. The number of carbonyl (C=O) groups excluding carboxylic acids is 1. The Balaban J connectivity index is 1.59. The smallest absolute Gasteiger partial charge is 0.338 e. The van der Waals surface area contributed by atoms with Gasteiger partial charge < -0.3 is 19.2 Å². The second kappa shape index (κ2) is 9.01. The van der Waals surface area contributed by atoms with E-state index in [2.05, 4.69) is 21.6 Å². The summed E-state index contributed by atoms with van der Waals surface area (Å²) in [6, 6.07) is 17.0. The monoisotopic (exact) mass is 511 g/mol. The molecular formula is C31H31N2O5+. The van der Waals surface area contributed by atoms with Crippen molar-refractivity contribution in [1.29, 1.82) is 0 Å². The van der Waals surface area contributed by atoms with Crippen LogP contribution in [0.1, 0.15) is 54.3 Å². The Morgan fingerprint density at radius 1 is 0.947 bits per heavy atom. The summed E-state index contributed by atoms with van der Waals surface area (Å²) in [5.41, 5.74) is 3.49. The number of nitrogens with zero attached hydrogens (tertiary/aromatic N) is 2. The molecular weight excluding hydrogens is 480 g/mol. The van der Waals surface area contributed by atoms with E-state index < -0.39 is 17.5 Å². The van der Waals surface area contributed by atoms with Gasteiger partial charge in [-0.15, -0.1) is 0 Å².